The average Bonchev–Trinajstić information content (AvgIpc) is 3.20. The van der Waals surface area contributed by atoms with E-state index in [4.69, 9.17) is 9.47 Å². The molecule has 56 heavy (non-hydrogen) atoms. The van der Waals surface area contributed by atoms with Crippen LogP contribution in [-0.4, -0.2) is 36.4 Å². The Balaban J connectivity index is 3.53. The maximum Gasteiger partial charge on any atom is 0.306 e. The van der Waals surface area contributed by atoms with E-state index in [0.29, 0.717) is 12.8 Å². The summed E-state index contributed by atoms with van der Waals surface area (Å²) < 4.78 is 10.7. The van der Waals surface area contributed by atoms with Crippen molar-refractivity contribution in [3.05, 3.63) is 60.8 Å². The van der Waals surface area contributed by atoms with Crippen molar-refractivity contribution in [3.8, 4) is 0 Å². The summed E-state index contributed by atoms with van der Waals surface area (Å²) in [6.45, 7) is 4.03. The van der Waals surface area contributed by atoms with Gasteiger partial charge in [0.15, 0.2) is 6.10 Å². The third-order valence-electron chi connectivity index (χ3n) is 10.3. The topological polar surface area (TPSA) is 72.8 Å². The fourth-order valence-electron chi connectivity index (χ4n) is 6.72. The molecule has 0 aromatic carbocycles. The van der Waals surface area contributed by atoms with Crippen molar-refractivity contribution in [1.82, 2.24) is 0 Å². The molecule has 1 unspecified atom stereocenters. The van der Waals surface area contributed by atoms with Gasteiger partial charge in [-0.3, -0.25) is 9.59 Å². The molecule has 0 aliphatic heterocycles. The van der Waals surface area contributed by atoms with E-state index in [-0.39, 0.29) is 25.2 Å². The second-order valence-corrected chi connectivity index (χ2v) is 15.8. The summed E-state index contributed by atoms with van der Waals surface area (Å²) in [6, 6.07) is 0. The number of unbranched alkanes of at least 4 members (excludes halogenated alkanes) is 25. The normalized spacial score (nSPS) is 12.7. The van der Waals surface area contributed by atoms with Crippen molar-refractivity contribution in [2.24, 2.45) is 0 Å². The summed E-state index contributed by atoms with van der Waals surface area (Å²) in [7, 11) is 0. The summed E-state index contributed by atoms with van der Waals surface area (Å²) >= 11 is 0. The van der Waals surface area contributed by atoms with Gasteiger partial charge in [0.25, 0.3) is 0 Å². The molecule has 0 fully saturated rings. The van der Waals surface area contributed by atoms with Crippen LogP contribution in [0.25, 0.3) is 0 Å². The van der Waals surface area contributed by atoms with Gasteiger partial charge in [-0.1, -0.05) is 203 Å². The van der Waals surface area contributed by atoms with Gasteiger partial charge in [-0.05, 0) is 77.0 Å². The molecule has 0 amide bonds. The van der Waals surface area contributed by atoms with Crippen LogP contribution in [0.1, 0.15) is 232 Å². The Hall–Kier alpha value is -2.40. The summed E-state index contributed by atoms with van der Waals surface area (Å²) in [5.74, 6) is -0.594. The molecule has 5 nitrogen and oxygen atoms in total. The lowest BCUT2D eigenvalue weighted by atomic mass is 10.0. The standard InChI is InChI=1S/C51H90O5/c1-3-5-7-9-11-13-15-17-19-21-23-24-25-26-28-30-32-34-36-38-40-42-44-46-51(54)56-49(47-52)48-55-50(53)45-43-41-39-37-35-33-31-29-27-22-20-18-16-14-12-10-8-6-4-2/h5,7,11,13,17-20,23-24,49,52H,3-4,6,8-10,12,14-16,21-22,25-48H2,1-2H3/b7-5-,13-11-,19-17-,20-18-,24-23-. The van der Waals surface area contributed by atoms with Crippen molar-refractivity contribution in [2.45, 2.75) is 238 Å². The zero-order valence-electron chi connectivity index (χ0n) is 36.9. The molecule has 0 aliphatic carbocycles. The molecule has 5 heteroatoms. The fraction of sp³-hybridized carbons (Fsp3) is 0.765. The Kier molecular flexibility index (Phi) is 45.0. The van der Waals surface area contributed by atoms with Crippen molar-refractivity contribution in [3.63, 3.8) is 0 Å². The zero-order valence-corrected chi connectivity index (χ0v) is 36.9. The van der Waals surface area contributed by atoms with Crippen molar-refractivity contribution in [2.75, 3.05) is 13.2 Å². The Bertz CT molecular complexity index is 977. The Labute approximate surface area is 347 Å². The van der Waals surface area contributed by atoms with Gasteiger partial charge in [0.2, 0.25) is 0 Å². The minimum atomic E-state index is -0.776. The van der Waals surface area contributed by atoms with E-state index in [1.54, 1.807) is 0 Å². The third kappa shape index (κ3) is 44.3. The molecule has 1 N–H and O–H groups in total. The largest absolute Gasteiger partial charge is 0.462 e. The molecule has 0 aliphatic rings. The predicted octanol–water partition coefficient (Wildman–Crippen LogP) is 15.5. The number of rotatable bonds is 43. The second kappa shape index (κ2) is 47.0. The van der Waals surface area contributed by atoms with Crippen LogP contribution in [0.3, 0.4) is 0 Å². The molecule has 324 valence electrons. The van der Waals surface area contributed by atoms with Crippen LogP contribution in [0.5, 0.6) is 0 Å². The maximum atomic E-state index is 12.2. The Morgan fingerprint density at radius 1 is 0.429 bits per heavy atom. The highest BCUT2D eigenvalue weighted by Crippen LogP contribution is 2.15. The van der Waals surface area contributed by atoms with Gasteiger partial charge in [-0.15, -0.1) is 0 Å². The van der Waals surface area contributed by atoms with Gasteiger partial charge in [-0.25, -0.2) is 0 Å². The summed E-state index contributed by atoms with van der Waals surface area (Å²) in [5.41, 5.74) is 0. The van der Waals surface area contributed by atoms with Crippen LogP contribution < -0.4 is 0 Å². The number of esters is 2. The monoisotopic (exact) mass is 783 g/mol. The van der Waals surface area contributed by atoms with E-state index in [0.717, 1.165) is 64.2 Å². The van der Waals surface area contributed by atoms with Crippen molar-refractivity contribution in [1.29, 1.82) is 0 Å². The highest BCUT2D eigenvalue weighted by Gasteiger charge is 2.16. The molecule has 0 saturated heterocycles. The highest BCUT2D eigenvalue weighted by molar-refractivity contribution is 5.70. The first-order chi connectivity index (χ1) is 27.6. The third-order valence-corrected chi connectivity index (χ3v) is 10.3. The molecule has 0 spiro atoms. The predicted molar refractivity (Wildman–Crippen MR) is 242 cm³/mol. The van der Waals surface area contributed by atoms with E-state index in [1.807, 2.05) is 0 Å². The molecule has 1 atom stereocenters. The average molecular weight is 783 g/mol. The van der Waals surface area contributed by atoms with Crippen molar-refractivity contribution >= 4 is 11.9 Å². The number of aliphatic hydroxyl groups excluding tert-OH is 1. The quantitative estimate of drug-likeness (QED) is 0.0379. The lowest BCUT2D eigenvalue weighted by Gasteiger charge is -2.15. The summed E-state index contributed by atoms with van der Waals surface area (Å²) in [6.07, 6.45) is 61.5. The SMILES string of the molecule is CC/C=C\C/C=C\C/C=C\C/C=C\CCCCCCCCCCCCC(=O)OC(CO)COC(=O)CCCCCCCCCCC/C=C\CCCCCCCC. The van der Waals surface area contributed by atoms with E-state index >= 15 is 0 Å². The number of carbonyl (C=O) groups excluding carboxylic acids is 2. The van der Waals surface area contributed by atoms with Crippen LogP contribution in [0.15, 0.2) is 60.8 Å². The van der Waals surface area contributed by atoms with E-state index in [9.17, 15) is 14.7 Å². The second-order valence-electron chi connectivity index (χ2n) is 15.8. The molecule has 0 aromatic rings. The van der Waals surface area contributed by atoms with Gasteiger partial charge in [0.1, 0.15) is 6.61 Å². The minimum Gasteiger partial charge on any atom is -0.462 e. The fourth-order valence-corrected chi connectivity index (χ4v) is 6.72. The first kappa shape index (κ1) is 53.6. The molecule has 0 bridgehead atoms. The van der Waals surface area contributed by atoms with Gasteiger partial charge in [0.05, 0.1) is 6.61 Å². The molecule has 0 heterocycles. The molecule has 0 aromatic heterocycles. The number of hydrogen-bond donors (Lipinski definition) is 1. The van der Waals surface area contributed by atoms with Gasteiger partial charge in [0, 0.05) is 12.8 Å². The van der Waals surface area contributed by atoms with Crippen LogP contribution in [0, 0.1) is 0 Å². The molecule has 0 radical (unpaired) electrons. The van der Waals surface area contributed by atoms with E-state index in [1.165, 1.54) is 141 Å². The number of ether oxygens (including phenoxy) is 2. The Morgan fingerprint density at radius 2 is 0.768 bits per heavy atom. The van der Waals surface area contributed by atoms with Crippen LogP contribution in [-0.2, 0) is 19.1 Å². The lowest BCUT2D eigenvalue weighted by molar-refractivity contribution is -0.161. The van der Waals surface area contributed by atoms with Gasteiger partial charge in [-0.2, -0.15) is 0 Å². The van der Waals surface area contributed by atoms with Crippen LogP contribution in [0.4, 0.5) is 0 Å². The van der Waals surface area contributed by atoms with Crippen LogP contribution >= 0.6 is 0 Å². The van der Waals surface area contributed by atoms with E-state index in [2.05, 4.69) is 74.6 Å². The Morgan fingerprint density at radius 3 is 1.18 bits per heavy atom. The highest BCUT2D eigenvalue weighted by atomic mass is 16.6. The van der Waals surface area contributed by atoms with Crippen LogP contribution in [0.2, 0.25) is 0 Å². The van der Waals surface area contributed by atoms with Gasteiger partial charge >= 0.3 is 11.9 Å². The summed E-state index contributed by atoms with van der Waals surface area (Å²) in [5, 5.41) is 9.61. The zero-order chi connectivity index (χ0) is 40.7. The number of allylic oxidation sites excluding steroid dienone is 10. The van der Waals surface area contributed by atoms with Gasteiger partial charge < -0.3 is 14.6 Å². The molecular weight excluding hydrogens is 693 g/mol. The molecule has 0 rings (SSSR count). The van der Waals surface area contributed by atoms with Crippen molar-refractivity contribution < 1.29 is 24.2 Å². The molecule has 0 saturated carbocycles. The number of hydrogen-bond acceptors (Lipinski definition) is 5. The smallest absolute Gasteiger partial charge is 0.306 e. The minimum absolute atomic E-state index is 0.0690. The van der Waals surface area contributed by atoms with E-state index < -0.39 is 6.10 Å². The number of aliphatic hydroxyl groups is 1. The lowest BCUT2D eigenvalue weighted by Crippen LogP contribution is -2.28. The molecular formula is C51H90O5. The number of carbonyl (C=O) groups is 2. The first-order valence-electron chi connectivity index (χ1n) is 23.8. The first-order valence-corrected chi connectivity index (χ1v) is 23.8. The maximum absolute atomic E-state index is 12.2. The summed E-state index contributed by atoms with van der Waals surface area (Å²) in [4.78, 5) is 24.4.